The third-order valence-electron chi connectivity index (χ3n) is 3.21. The molecule has 5 heteroatoms. The van der Waals surface area contributed by atoms with Crippen molar-refractivity contribution in [1.82, 2.24) is 0 Å². The quantitative estimate of drug-likeness (QED) is 0.576. The third-order valence-corrected chi connectivity index (χ3v) is 4.34. The van der Waals surface area contributed by atoms with Crippen molar-refractivity contribution in [2.24, 2.45) is 0 Å². The van der Waals surface area contributed by atoms with Crippen molar-refractivity contribution in [2.75, 3.05) is 4.90 Å². The Kier molecular flexibility index (Phi) is 3.78. The first kappa shape index (κ1) is 15.4. The number of benzene rings is 2. The molecule has 0 radical (unpaired) electrons. The predicted octanol–water partition coefficient (Wildman–Crippen LogP) is 5.78. The molecule has 0 unspecified atom stereocenters. The average molecular weight is 324 g/mol. The molecule has 0 atom stereocenters. The maximum absolute atomic E-state index is 12.8. The first-order valence-electron chi connectivity index (χ1n) is 7.20. The van der Waals surface area contributed by atoms with Crippen molar-refractivity contribution in [3.8, 4) is 0 Å². The number of anilines is 2. The summed E-state index contributed by atoms with van der Waals surface area (Å²) < 4.78 is 5.56. The Morgan fingerprint density at radius 3 is 2.52 bits per heavy atom. The van der Waals surface area contributed by atoms with E-state index in [4.69, 9.17) is 11.3 Å². The van der Waals surface area contributed by atoms with E-state index in [0.29, 0.717) is 11.4 Å². The van der Waals surface area contributed by atoms with Crippen LogP contribution in [-0.2, 0) is 4.74 Å². The summed E-state index contributed by atoms with van der Waals surface area (Å²) in [6, 6.07) is 13.1. The van der Waals surface area contributed by atoms with Gasteiger partial charge in [-0.05, 0) is 39.0 Å². The number of nitrogens with zero attached hydrogens (tertiary/aromatic N) is 2. The van der Waals surface area contributed by atoms with Crippen LogP contribution in [0.25, 0.3) is 4.85 Å². The highest BCUT2D eigenvalue weighted by Crippen LogP contribution is 2.49. The summed E-state index contributed by atoms with van der Waals surface area (Å²) in [6.45, 7) is 12.7. The Morgan fingerprint density at radius 1 is 1.13 bits per heavy atom. The van der Waals surface area contributed by atoms with Gasteiger partial charge in [-0.3, -0.25) is 0 Å². The molecule has 3 rings (SSSR count). The van der Waals surface area contributed by atoms with Gasteiger partial charge < -0.3 is 4.74 Å². The molecule has 116 valence electrons. The summed E-state index contributed by atoms with van der Waals surface area (Å²) >= 11 is 1.59. The summed E-state index contributed by atoms with van der Waals surface area (Å²) in [7, 11) is 0. The molecule has 1 aliphatic rings. The summed E-state index contributed by atoms with van der Waals surface area (Å²) in [5.74, 6) is 0. The SMILES string of the molecule is [C-]#[N+]c1ccc2c(c1)N(C(=O)OC(C)(C)C)c1ccccc1S2. The molecular weight excluding hydrogens is 308 g/mol. The van der Waals surface area contributed by atoms with Crippen LogP contribution in [0.3, 0.4) is 0 Å². The van der Waals surface area contributed by atoms with Crippen LogP contribution >= 0.6 is 11.8 Å². The molecule has 1 heterocycles. The van der Waals surface area contributed by atoms with E-state index in [1.165, 1.54) is 0 Å². The van der Waals surface area contributed by atoms with Gasteiger partial charge in [-0.2, -0.15) is 0 Å². The van der Waals surface area contributed by atoms with Crippen LogP contribution in [0.4, 0.5) is 21.9 Å². The van der Waals surface area contributed by atoms with Gasteiger partial charge in [-0.15, -0.1) is 0 Å². The number of carbonyl (C=O) groups excluding carboxylic acids is 1. The van der Waals surface area contributed by atoms with Gasteiger partial charge in [0.1, 0.15) is 5.60 Å². The molecule has 2 aromatic carbocycles. The lowest BCUT2D eigenvalue weighted by molar-refractivity contribution is 0.0597. The molecule has 0 spiro atoms. The zero-order valence-electron chi connectivity index (χ0n) is 13.2. The van der Waals surface area contributed by atoms with Gasteiger partial charge >= 0.3 is 6.09 Å². The molecule has 0 bridgehead atoms. The average Bonchev–Trinajstić information content (AvgIpc) is 2.50. The minimum Gasteiger partial charge on any atom is -0.443 e. The molecule has 23 heavy (non-hydrogen) atoms. The number of amides is 1. The molecule has 1 amide bonds. The molecule has 0 N–H and O–H groups in total. The number of rotatable bonds is 0. The Morgan fingerprint density at radius 2 is 1.83 bits per heavy atom. The van der Waals surface area contributed by atoms with E-state index in [2.05, 4.69) is 4.85 Å². The van der Waals surface area contributed by atoms with Gasteiger partial charge in [0.2, 0.25) is 0 Å². The van der Waals surface area contributed by atoms with Crippen LogP contribution in [-0.4, -0.2) is 11.7 Å². The van der Waals surface area contributed by atoms with Gasteiger partial charge in [-0.1, -0.05) is 36.0 Å². The molecule has 0 aliphatic carbocycles. The van der Waals surface area contributed by atoms with Crippen LogP contribution in [0.5, 0.6) is 0 Å². The van der Waals surface area contributed by atoms with Crippen LogP contribution in [0.1, 0.15) is 20.8 Å². The predicted molar refractivity (Wildman–Crippen MR) is 91.6 cm³/mol. The lowest BCUT2D eigenvalue weighted by atomic mass is 10.2. The van der Waals surface area contributed by atoms with Gasteiger partial charge in [0.15, 0.2) is 5.69 Å². The van der Waals surface area contributed by atoms with Gasteiger partial charge in [0, 0.05) is 9.79 Å². The second-order valence-electron chi connectivity index (χ2n) is 6.15. The minimum atomic E-state index is -0.589. The van der Waals surface area contributed by atoms with Crippen LogP contribution < -0.4 is 4.90 Å². The third kappa shape index (κ3) is 3.03. The molecule has 1 aliphatic heterocycles. The highest BCUT2D eigenvalue weighted by atomic mass is 32.2. The Balaban J connectivity index is 2.13. The number of ether oxygens (including phenoxy) is 1. The molecule has 4 nitrogen and oxygen atoms in total. The first-order valence-corrected chi connectivity index (χ1v) is 8.02. The van der Waals surface area contributed by atoms with Gasteiger partial charge in [0.25, 0.3) is 0 Å². The Labute approximate surface area is 139 Å². The Bertz CT molecular complexity index is 819. The fourth-order valence-corrected chi connectivity index (χ4v) is 3.36. The zero-order chi connectivity index (χ0) is 16.6. The van der Waals surface area contributed by atoms with Crippen molar-refractivity contribution in [2.45, 2.75) is 36.2 Å². The van der Waals surface area contributed by atoms with Crippen LogP contribution in [0.2, 0.25) is 0 Å². The highest BCUT2D eigenvalue weighted by molar-refractivity contribution is 7.99. The summed E-state index contributed by atoms with van der Waals surface area (Å²) in [5, 5.41) is 0. The summed E-state index contributed by atoms with van der Waals surface area (Å²) in [6.07, 6.45) is -0.436. The lowest BCUT2D eigenvalue weighted by Gasteiger charge is -2.32. The van der Waals surface area contributed by atoms with E-state index in [0.717, 1.165) is 15.5 Å². The standard InChI is InChI=1S/C18H16N2O2S/c1-18(2,3)22-17(21)20-13-7-5-6-8-15(13)23-16-10-9-12(19-4)11-14(16)20/h5-11H,1-3H3. The lowest BCUT2D eigenvalue weighted by Crippen LogP contribution is -2.35. The minimum absolute atomic E-state index is 0.436. The molecule has 0 fully saturated rings. The number of hydrogen-bond donors (Lipinski definition) is 0. The van der Waals surface area contributed by atoms with Gasteiger partial charge in [-0.25, -0.2) is 14.5 Å². The summed E-state index contributed by atoms with van der Waals surface area (Å²) in [4.78, 5) is 19.7. The molecule has 0 aromatic heterocycles. The number of hydrogen-bond acceptors (Lipinski definition) is 3. The van der Waals surface area contributed by atoms with Crippen molar-refractivity contribution in [3.63, 3.8) is 0 Å². The summed E-state index contributed by atoms with van der Waals surface area (Å²) in [5.41, 5.74) is 1.38. The second-order valence-corrected chi connectivity index (χ2v) is 7.23. The van der Waals surface area contributed by atoms with Crippen molar-refractivity contribution in [1.29, 1.82) is 0 Å². The molecule has 0 saturated carbocycles. The smallest absolute Gasteiger partial charge is 0.419 e. The van der Waals surface area contributed by atoms with Crippen LogP contribution in [0, 0.1) is 6.57 Å². The first-order chi connectivity index (χ1) is 10.9. The van der Waals surface area contributed by atoms with E-state index in [-0.39, 0.29) is 0 Å². The van der Waals surface area contributed by atoms with E-state index in [1.807, 2.05) is 51.1 Å². The molecule has 0 saturated heterocycles. The Hall–Kier alpha value is -2.45. The van der Waals surface area contributed by atoms with Crippen molar-refractivity contribution >= 4 is 34.9 Å². The largest absolute Gasteiger partial charge is 0.443 e. The topological polar surface area (TPSA) is 33.9 Å². The van der Waals surface area contributed by atoms with E-state index in [1.54, 1.807) is 28.8 Å². The normalized spacial score (nSPS) is 12.9. The fraction of sp³-hybridized carbons (Fsp3) is 0.222. The zero-order valence-corrected chi connectivity index (χ0v) is 14.0. The molecule has 2 aromatic rings. The highest BCUT2D eigenvalue weighted by Gasteiger charge is 2.31. The van der Waals surface area contributed by atoms with Crippen molar-refractivity contribution in [3.05, 3.63) is 53.9 Å². The number of fused-ring (bicyclic) bond motifs is 2. The maximum atomic E-state index is 12.8. The van der Waals surface area contributed by atoms with Crippen LogP contribution in [0.15, 0.2) is 52.3 Å². The van der Waals surface area contributed by atoms with E-state index < -0.39 is 11.7 Å². The van der Waals surface area contributed by atoms with Gasteiger partial charge in [0.05, 0.1) is 17.9 Å². The van der Waals surface area contributed by atoms with E-state index >= 15 is 0 Å². The number of carbonyl (C=O) groups is 1. The monoisotopic (exact) mass is 324 g/mol. The maximum Gasteiger partial charge on any atom is 0.419 e. The fourth-order valence-electron chi connectivity index (χ4n) is 2.32. The number of para-hydroxylation sites is 1. The van der Waals surface area contributed by atoms with E-state index in [9.17, 15) is 4.79 Å². The molecular formula is C18H16N2O2S. The second kappa shape index (κ2) is 5.64. The van der Waals surface area contributed by atoms with Crippen molar-refractivity contribution < 1.29 is 9.53 Å².